The minimum atomic E-state index is -0.673. The van der Waals surface area contributed by atoms with Crippen molar-refractivity contribution in [2.45, 2.75) is 72.4 Å². The second-order valence-electron chi connectivity index (χ2n) is 10.4. The standard InChI is InChI=1S/C30H43ClFN3O3/c1-6-10-35(11-7-2)29(36)23-12-21(5)13-24(17-23)30(37)38-28(19-34-9-8-20(3)4)27(33)16-22-14-25(31)18-26(32)15-22/h12-15,17-18,20,27-28,34H,6-11,16,19,33H2,1-5H3/t27-,28+/m0/s1. The first-order valence-corrected chi connectivity index (χ1v) is 13.9. The van der Waals surface area contributed by atoms with Crippen LogP contribution in [0.15, 0.2) is 36.4 Å². The van der Waals surface area contributed by atoms with Gasteiger partial charge in [-0.3, -0.25) is 4.79 Å². The summed E-state index contributed by atoms with van der Waals surface area (Å²) < 4.78 is 19.8. The third-order valence-electron chi connectivity index (χ3n) is 6.21. The van der Waals surface area contributed by atoms with Gasteiger partial charge < -0.3 is 20.7 Å². The van der Waals surface area contributed by atoms with Crippen molar-refractivity contribution in [2.75, 3.05) is 26.2 Å². The van der Waals surface area contributed by atoms with Crippen LogP contribution < -0.4 is 11.1 Å². The number of nitrogens with zero attached hydrogens (tertiary/aromatic N) is 1. The van der Waals surface area contributed by atoms with Gasteiger partial charge in [0.15, 0.2) is 0 Å². The number of hydrogen-bond acceptors (Lipinski definition) is 5. The Morgan fingerprint density at radius 2 is 1.71 bits per heavy atom. The van der Waals surface area contributed by atoms with E-state index in [9.17, 15) is 14.0 Å². The van der Waals surface area contributed by atoms with E-state index in [4.69, 9.17) is 22.1 Å². The van der Waals surface area contributed by atoms with Crippen LogP contribution in [0, 0.1) is 18.7 Å². The average molecular weight is 548 g/mol. The Hall–Kier alpha value is -2.48. The predicted octanol–water partition coefficient (Wildman–Crippen LogP) is 5.78. The quantitative estimate of drug-likeness (QED) is 0.218. The van der Waals surface area contributed by atoms with E-state index in [1.807, 2.05) is 25.7 Å². The molecule has 0 aliphatic rings. The SMILES string of the molecule is CCCN(CCC)C(=O)c1cc(C)cc(C(=O)O[C@H](CNCCC(C)C)[C@@H](N)Cc2cc(F)cc(Cl)c2)c1. The fourth-order valence-corrected chi connectivity index (χ4v) is 4.56. The molecule has 2 atom stereocenters. The van der Waals surface area contributed by atoms with Gasteiger partial charge in [-0.2, -0.15) is 0 Å². The zero-order chi connectivity index (χ0) is 28.2. The summed E-state index contributed by atoms with van der Waals surface area (Å²) in [5.74, 6) is -0.572. The van der Waals surface area contributed by atoms with Crippen molar-refractivity contribution in [1.29, 1.82) is 0 Å². The van der Waals surface area contributed by atoms with Gasteiger partial charge in [-0.05, 0) is 92.6 Å². The Kier molecular flexibility index (Phi) is 13.2. The van der Waals surface area contributed by atoms with Gasteiger partial charge in [0.2, 0.25) is 0 Å². The lowest BCUT2D eigenvalue weighted by molar-refractivity contribution is 0.0238. The summed E-state index contributed by atoms with van der Waals surface area (Å²) in [5.41, 5.74) is 8.67. The average Bonchev–Trinajstić information content (AvgIpc) is 2.83. The van der Waals surface area contributed by atoms with E-state index in [1.165, 1.54) is 12.1 Å². The Morgan fingerprint density at radius 3 is 2.32 bits per heavy atom. The number of ether oxygens (including phenoxy) is 1. The van der Waals surface area contributed by atoms with Gasteiger partial charge in [0, 0.05) is 36.3 Å². The molecule has 0 fully saturated rings. The number of benzene rings is 2. The molecule has 2 aromatic rings. The van der Waals surface area contributed by atoms with Gasteiger partial charge in [0.1, 0.15) is 11.9 Å². The molecule has 0 radical (unpaired) electrons. The summed E-state index contributed by atoms with van der Waals surface area (Å²) in [6.07, 6.45) is 2.28. The molecule has 210 valence electrons. The maximum absolute atomic E-state index is 13.9. The van der Waals surface area contributed by atoms with Crippen LogP contribution >= 0.6 is 11.6 Å². The molecule has 3 N–H and O–H groups in total. The summed E-state index contributed by atoms with van der Waals surface area (Å²) >= 11 is 6.02. The summed E-state index contributed by atoms with van der Waals surface area (Å²) in [5, 5.41) is 3.61. The third-order valence-corrected chi connectivity index (χ3v) is 6.43. The molecule has 0 saturated carbocycles. The molecule has 0 unspecified atom stereocenters. The molecular formula is C30H43ClFN3O3. The van der Waals surface area contributed by atoms with E-state index in [0.29, 0.717) is 42.2 Å². The van der Waals surface area contributed by atoms with E-state index in [2.05, 4.69) is 19.2 Å². The van der Waals surface area contributed by atoms with Crippen LogP contribution in [0.3, 0.4) is 0 Å². The minimum Gasteiger partial charge on any atom is -0.456 e. The molecular weight excluding hydrogens is 505 g/mol. The lowest BCUT2D eigenvalue weighted by Crippen LogP contribution is -2.46. The smallest absolute Gasteiger partial charge is 0.338 e. The molecule has 0 saturated heterocycles. The van der Waals surface area contributed by atoms with Crippen molar-refractivity contribution < 1.29 is 18.7 Å². The van der Waals surface area contributed by atoms with Crippen LogP contribution in [0.5, 0.6) is 0 Å². The first-order chi connectivity index (χ1) is 18.0. The minimum absolute atomic E-state index is 0.0990. The summed E-state index contributed by atoms with van der Waals surface area (Å²) in [4.78, 5) is 28.3. The van der Waals surface area contributed by atoms with E-state index >= 15 is 0 Å². The fourth-order valence-electron chi connectivity index (χ4n) is 4.32. The number of nitrogens with two attached hydrogens (primary N) is 1. The molecule has 0 bridgehead atoms. The lowest BCUT2D eigenvalue weighted by atomic mass is 10.0. The highest BCUT2D eigenvalue weighted by Gasteiger charge is 2.25. The Balaban J connectivity index is 2.24. The number of carbonyl (C=O) groups is 2. The first kappa shape index (κ1) is 31.7. The van der Waals surface area contributed by atoms with Gasteiger partial charge in [-0.25, -0.2) is 9.18 Å². The van der Waals surface area contributed by atoms with Crippen molar-refractivity contribution in [1.82, 2.24) is 10.2 Å². The molecule has 6 nitrogen and oxygen atoms in total. The van der Waals surface area contributed by atoms with Gasteiger partial charge in [-0.15, -0.1) is 0 Å². The molecule has 38 heavy (non-hydrogen) atoms. The van der Waals surface area contributed by atoms with Gasteiger partial charge in [0.25, 0.3) is 5.91 Å². The highest BCUT2D eigenvalue weighted by atomic mass is 35.5. The van der Waals surface area contributed by atoms with Crippen molar-refractivity contribution >= 4 is 23.5 Å². The van der Waals surface area contributed by atoms with E-state index in [1.54, 1.807) is 24.3 Å². The summed E-state index contributed by atoms with van der Waals surface area (Å²) in [7, 11) is 0. The molecule has 0 aliphatic carbocycles. The van der Waals surface area contributed by atoms with Crippen molar-refractivity contribution in [3.63, 3.8) is 0 Å². The normalized spacial score (nSPS) is 12.9. The highest BCUT2D eigenvalue weighted by molar-refractivity contribution is 6.30. The van der Waals surface area contributed by atoms with Crippen molar-refractivity contribution in [3.8, 4) is 0 Å². The number of amides is 1. The monoisotopic (exact) mass is 547 g/mol. The topological polar surface area (TPSA) is 84.7 Å². The zero-order valence-electron chi connectivity index (χ0n) is 23.4. The Bertz CT molecular complexity index is 1040. The van der Waals surface area contributed by atoms with Crippen molar-refractivity contribution in [2.24, 2.45) is 11.7 Å². The Labute approximate surface area is 232 Å². The highest BCUT2D eigenvalue weighted by Crippen LogP contribution is 2.18. The maximum atomic E-state index is 13.9. The lowest BCUT2D eigenvalue weighted by Gasteiger charge is -2.25. The number of carbonyl (C=O) groups excluding carboxylic acids is 2. The van der Waals surface area contributed by atoms with Gasteiger partial charge in [0.05, 0.1) is 5.56 Å². The second kappa shape index (κ2) is 15.8. The van der Waals surface area contributed by atoms with Crippen LogP contribution in [0.1, 0.15) is 78.8 Å². The van der Waals surface area contributed by atoms with Crippen LogP contribution in [0.4, 0.5) is 4.39 Å². The molecule has 1 amide bonds. The number of nitrogens with one attached hydrogen (secondary N) is 1. The fraction of sp³-hybridized carbons (Fsp3) is 0.533. The summed E-state index contributed by atoms with van der Waals surface area (Å²) in [6, 6.07) is 8.78. The second-order valence-corrected chi connectivity index (χ2v) is 10.8. The summed E-state index contributed by atoms with van der Waals surface area (Å²) in [6.45, 7) is 12.6. The molecule has 0 heterocycles. The predicted molar refractivity (Wildman–Crippen MR) is 152 cm³/mol. The van der Waals surface area contributed by atoms with E-state index in [0.717, 1.165) is 31.4 Å². The van der Waals surface area contributed by atoms with Crippen LogP contribution in [-0.4, -0.2) is 55.1 Å². The van der Waals surface area contributed by atoms with E-state index in [-0.39, 0.29) is 17.4 Å². The number of aryl methyl sites for hydroxylation is 1. The van der Waals surface area contributed by atoms with E-state index < -0.39 is 23.9 Å². The first-order valence-electron chi connectivity index (χ1n) is 13.6. The third kappa shape index (κ3) is 10.4. The molecule has 0 aromatic heterocycles. The molecule has 0 aliphatic heterocycles. The van der Waals surface area contributed by atoms with Crippen LogP contribution in [-0.2, 0) is 11.2 Å². The molecule has 0 spiro atoms. The maximum Gasteiger partial charge on any atom is 0.338 e. The largest absolute Gasteiger partial charge is 0.456 e. The molecule has 2 rings (SSSR count). The molecule has 8 heteroatoms. The number of esters is 1. The molecule has 2 aromatic carbocycles. The number of rotatable bonds is 15. The number of hydrogen-bond donors (Lipinski definition) is 2. The Morgan fingerprint density at radius 1 is 1.05 bits per heavy atom. The number of halogens is 2. The van der Waals surface area contributed by atoms with Crippen LogP contribution in [0.2, 0.25) is 5.02 Å². The van der Waals surface area contributed by atoms with Crippen molar-refractivity contribution in [3.05, 3.63) is 69.5 Å². The van der Waals surface area contributed by atoms with Crippen LogP contribution in [0.25, 0.3) is 0 Å². The van der Waals surface area contributed by atoms with Gasteiger partial charge in [-0.1, -0.05) is 39.3 Å². The van der Waals surface area contributed by atoms with Gasteiger partial charge >= 0.3 is 5.97 Å². The zero-order valence-corrected chi connectivity index (χ0v) is 24.1.